The van der Waals surface area contributed by atoms with Crippen LogP contribution in [0.15, 0.2) is 24.3 Å². The molecule has 0 bridgehead atoms. The number of benzene rings is 1. The summed E-state index contributed by atoms with van der Waals surface area (Å²) < 4.78 is 0. The predicted molar refractivity (Wildman–Crippen MR) is 95.6 cm³/mol. The summed E-state index contributed by atoms with van der Waals surface area (Å²) in [5.41, 5.74) is 2.60. The maximum Gasteiger partial charge on any atom is 0.322 e. The minimum atomic E-state index is -0.0347. The molecule has 0 atom stereocenters. The first-order valence-corrected chi connectivity index (χ1v) is 9.38. The van der Waals surface area contributed by atoms with Crippen molar-refractivity contribution in [2.24, 2.45) is 0 Å². The van der Waals surface area contributed by atoms with E-state index in [0.29, 0.717) is 12.5 Å². The number of hydrogen-bond donors (Lipinski definition) is 1. The number of aromatic nitrogens is 2. The normalized spacial score (nSPS) is 17.9. The van der Waals surface area contributed by atoms with E-state index in [1.807, 2.05) is 11.0 Å². The molecule has 1 aliphatic heterocycles. The number of anilines is 1. The molecule has 0 saturated heterocycles. The van der Waals surface area contributed by atoms with Gasteiger partial charge in [0.1, 0.15) is 10.0 Å². The van der Waals surface area contributed by atoms with E-state index in [4.69, 9.17) is 0 Å². The first kappa shape index (κ1) is 15.6. The van der Waals surface area contributed by atoms with Gasteiger partial charge < -0.3 is 5.32 Å². The Hall–Kier alpha value is -1.95. The van der Waals surface area contributed by atoms with Gasteiger partial charge in [0.05, 0.1) is 6.54 Å². The fraction of sp³-hybridized carbons (Fsp3) is 0.500. The molecule has 1 saturated carbocycles. The standard InChI is InChI=1S/C18H22N4OS/c1-12(2)16-21-20-15(24-16)10-19-17(23)22-11-18(8-5-9-18)13-6-3-4-7-14(13)22/h3-4,6-7,12H,5,8-11H2,1-2H3,(H,19,23). The summed E-state index contributed by atoms with van der Waals surface area (Å²) in [4.78, 5) is 14.6. The van der Waals surface area contributed by atoms with Gasteiger partial charge in [0.25, 0.3) is 0 Å². The van der Waals surface area contributed by atoms with Gasteiger partial charge in [-0.15, -0.1) is 10.2 Å². The van der Waals surface area contributed by atoms with Crippen LogP contribution < -0.4 is 10.2 Å². The Kier molecular flexibility index (Phi) is 3.79. The Morgan fingerprint density at radius 2 is 2.12 bits per heavy atom. The third kappa shape index (κ3) is 2.49. The molecule has 1 N–H and O–H groups in total. The number of nitrogens with one attached hydrogen (secondary N) is 1. The molecular weight excluding hydrogens is 320 g/mol. The molecule has 2 heterocycles. The highest BCUT2D eigenvalue weighted by molar-refractivity contribution is 7.11. The van der Waals surface area contributed by atoms with E-state index in [-0.39, 0.29) is 11.4 Å². The number of hydrogen-bond acceptors (Lipinski definition) is 4. The lowest BCUT2D eigenvalue weighted by Crippen LogP contribution is -2.45. The Morgan fingerprint density at radius 1 is 1.33 bits per heavy atom. The molecule has 0 unspecified atom stereocenters. The van der Waals surface area contributed by atoms with Gasteiger partial charge in [-0.25, -0.2) is 4.79 Å². The van der Waals surface area contributed by atoms with Crippen LogP contribution in [0, 0.1) is 0 Å². The number of para-hydroxylation sites is 1. The fourth-order valence-electron chi connectivity index (χ4n) is 3.66. The van der Waals surface area contributed by atoms with Crippen molar-refractivity contribution in [3.63, 3.8) is 0 Å². The van der Waals surface area contributed by atoms with Gasteiger partial charge in [0.15, 0.2) is 0 Å². The van der Waals surface area contributed by atoms with E-state index >= 15 is 0 Å². The molecule has 4 rings (SSSR count). The molecule has 2 aliphatic rings. The van der Waals surface area contributed by atoms with E-state index in [2.05, 4.69) is 47.6 Å². The zero-order valence-corrected chi connectivity index (χ0v) is 14.9. The molecule has 2 amide bonds. The number of urea groups is 1. The summed E-state index contributed by atoms with van der Waals surface area (Å²) in [6.07, 6.45) is 3.62. The van der Waals surface area contributed by atoms with Crippen molar-refractivity contribution in [1.29, 1.82) is 0 Å². The van der Waals surface area contributed by atoms with Crippen LogP contribution in [0.25, 0.3) is 0 Å². The van der Waals surface area contributed by atoms with Crippen molar-refractivity contribution in [3.05, 3.63) is 39.8 Å². The van der Waals surface area contributed by atoms with Crippen LogP contribution in [0.4, 0.5) is 10.5 Å². The van der Waals surface area contributed by atoms with Crippen molar-refractivity contribution in [3.8, 4) is 0 Å². The molecule has 1 aromatic heterocycles. The number of fused-ring (bicyclic) bond motifs is 2. The Morgan fingerprint density at radius 3 is 2.79 bits per heavy atom. The van der Waals surface area contributed by atoms with Crippen LogP contribution in [-0.2, 0) is 12.0 Å². The monoisotopic (exact) mass is 342 g/mol. The molecular formula is C18H22N4OS. The second kappa shape index (κ2) is 5.84. The number of rotatable bonds is 3. The molecule has 1 aromatic carbocycles. The number of carbonyl (C=O) groups is 1. The highest BCUT2D eigenvalue weighted by Crippen LogP contribution is 2.52. The van der Waals surface area contributed by atoms with Crippen molar-refractivity contribution in [2.75, 3.05) is 11.4 Å². The van der Waals surface area contributed by atoms with E-state index in [1.165, 1.54) is 24.8 Å². The maximum atomic E-state index is 12.7. The lowest BCUT2D eigenvalue weighted by molar-refractivity contribution is 0.235. The average Bonchev–Trinajstić information content (AvgIpc) is 3.15. The van der Waals surface area contributed by atoms with Crippen LogP contribution in [0.3, 0.4) is 0 Å². The third-order valence-corrected chi connectivity index (χ3v) is 6.37. The molecule has 2 aromatic rings. The lowest BCUT2D eigenvalue weighted by Gasteiger charge is -2.38. The maximum absolute atomic E-state index is 12.7. The summed E-state index contributed by atoms with van der Waals surface area (Å²) >= 11 is 1.57. The zero-order chi connectivity index (χ0) is 16.7. The first-order valence-electron chi connectivity index (χ1n) is 8.56. The molecule has 126 valence electrons. The largest absolute Gasteiger partial charge is 0.331 e. The van der Waals surface area contributed by atoms with E-state index < -0.39 is 0 Å². The predicted octanol–water partition coefficient (Wildman–Crippen LogP) is 3.81. The summed E-state index contributed by atoms with van der Waals surface area (Å²) in [5, 5.41) is 13.2. The van der Waals surface area contributed by atoms with E-state index in [0.717, 1.165) is 22.2 Å². The van der Waals surface area contributed by atoms with Gasteiger partial charge in [0, 0.05) is 23.6 Å². The Balaban J connectivity index is 1.47. The second-order valence-corrected chi connectivity index (χ2v) is 8.18. The van der Waals surface area contributed by atoms with Crippen LogP contribution in [0.1, 0.15) is 54.6 Å². The quantitative estimate of drug-likeness (QED) is 0.923. The van der Waals surface area contributed by atoms with Gasteiger partial charge in [-0.3, -0.25) is 4.90 Å². The van der Waals surface area contributed by atoms with Crippen molar-refractivity contribution in [2.45, 2.75) is 51.0 Å². The SMILES string of the molecule is CC(C)c1nnc(CNC(=O)N2CC3(CCC3)c3ccccc32)s1. The summed E-state index contributed by atoms with van der Waals surface area (Å²) in [6, 6.07) is 8.30. The fourth-order valence-corrected chi connectivity index (χ4v) is 4.45. The van der Waals surface area contributed by atoms with Gasteiger partial charge >= 0.3 is 6.03 Å². The Labute approximate surface area is 146 Å². The smallest absolute Gasteiger partial charge is 0.322 e. The molecule has 0 radical (unpaired) electrons. The number of nitrogens with zero attached hydrogens (tertiary/aromatic N) is 3. The third-order valence-electron chi connectivity index (χ3n) is 5.15. The first-order chi connectivity index (χ1) is 11.6. The van der Waals surface area contributed by atoms with Crippen LogP contribution in [0.5, 0.6) is 0 Å². The van der Waals surface area contributed by atoms with Crippen LogP contribution >= 0.6 is 11.3 Å². The van der Waals surface area contributed by atoms with Crippen LogP contribution in [-0.4, -0.2) is 22.8 Å². The van der Waals surface area contributed by atoms with Gasteiger partial charge in [0.2, 0.25) is 0 Å². The molecule has 1 spiro atoms. The zero-order valence-electron chi connectivity index (χ0n) is 14.1. The molecule has 1 fully saturated rings. The highest BCUT2D eigenvalue weighted by Gasteiger charge is 2.48. The number of amides is 2. The highest BCUT2D eigenvalue weighted by atomic mass is 32.1. The van der Waals surface area contributed by atoms with E-state index in [1.54, 1.807) is 11.3 Å². The van der Waals surface area contributed by atoms with Gasteiger partial charge in [-0.2, -0.15) is 0 Å². The van der Waals surface area contributed by atoms with Gasteiger partial charge in [-0.1, -0.05) is 49.8 Å². The number of carbonyl (C=O) groups excluding carboxylic acids is 1. The topological polar surface area (TPSA) is 58.1 Å². The Bertz CT molecular complexity index is 766. The summed E-state index contributed by atoms with van der Waals surface area (Å²) in [6.45, 7) is 5.44. The molecule has 5 nitrogen and oxygen atoms in total. The second-order valence-electron chi connectivity index (χ2n) is 7.08. The molecule has 6 heteroatoms. The average molecular weight is 342 g/mol. The van der Waals surface area contributed by atoms with Gasteiger partial charge in [-0.05, 0) is 24.5 Å². The minimum Gasteiger partial charge on any atom is -0.331 e. The van der Waals surface area contributed by atoms with Crippen molar-refractivity contribution in [1.82, 2.24) is 15.5 Å². The minimum absolute atomic E-state index is 0.0347. The lowest BCUT2D eigenvalue weighted by atomic mass is 9.66. The van der Waals surface area contributed by atoms with Crippen LogP contribution in [0.2, 0.25) is 0 Å². The van der Waals surface area contributed by atoms with Crippen molar-refractivity contribution >= 4 is 23.1 Å². The summed E-state index contributed by atoms with van der Waals surface area (Å²) in [7, 11) is 0. The molecule has 24 heavy (non-hydrogen) atoms. The van der Waals surface area contributed by atoms with Crippen molar-refractivity contribution < 1.29 is 4.79 Å². The van der Waals surface area contributed by atoms with E-state index in [9.17, 15) is 4.79 Å². The molecule has 1 aliphatic carbocycles. The summed E-state index contributed by atoms with van der Waals surface area (Å²) in [5.74, 6) is 0.371.